The topological polar surface area (TPSA) is 69.4 Å². The number of benzene rings is 2. The van der Waals surface area contributed by atoms with Crippen LogP contribution in [0.3, 0.4) is 0 Å². The van der Waals surface area contributed by atoms with E-state index >= 15 is 0 Å². The fourth-order valence-corrected chi connectivity index (χ4v) is 3.87. The molecule has 1 aliphatic heterocycles. The third kappa shape index (κ3) is 3.17. The Labute approximate surface area is 159 Å². The molecule has 3 aromatic rings. The number of ether oxygens (including phenoxy) is 1. The molecule has 7 heteroatoms. The summed E-state index contributed by atoms with van der Waals surface area (Å²) in [4.78, 5) is 6.14. The molecule has 27 heavy (non-hydrogen) atoms. The van der Waals surface area contributed by atoms with Gasteiger partial charge < -0.3 is 14.7 Å². The SMILES string of the molecule is COc1cccc(-c2csc(C3=C(O)CN(c4cccc(F)c4)C3=N)n2)c1. The van der Waals surface area contributed by atoms with E-state index in [1.165, 1.54) is 23.5 Å². The Bertz CT molecular complexity index is 1060. The molecule has 0 saturated heterocycles. The zero-order valence-corrected chi connectivity index (χ0v) is 15.3. The molecule has 0 radical (unpaired) electrons. The van der Waals surface area contributed by atoms with Crippen molar-refractivity contribution in [2.45, 2.75) is 0 Å². The molecule has 0 aliphatic carbocycles. The second-order valence-corrected chi connectivity index (χ2v) is 6.86. The second kappa shape index (κ2) is 6.85. The highest BCUT2D eigenvalue weighted by Gasteiger charge is 2.31. The molecule has 2 N–H and O–H groups in total. The Balaban J connectivity index is 1.65. The van der Waals surface area contributed by atoms with Gasteiger partial charge in [-0.1, -0.05) is 18.2 Å². The number of hydrogen-bond donors (Lipinski definition) is 2. The number of thiazole rings is 1. The fourth-order valence-electron chi connectivity index (χ4n) is 2.97. The van der Waals surface area contributed by atoms with Gasteiger partial charge in [0.2, 0.25) is 0 Å². The largest absolute Gasteiger partial charge is 0.510 e. The van der Waals surface area contributed by atoms with Gasteiger partial charge in [0, 0.05) is 16.6 Å². The Hall–Kier alpha value is -3.19. The van der Waals surface area contributed by atoms with E-state index in [9.17, 15) is 9.50 Å². The van der Waals surface area contributed by atoms with Crippen molar-refractivity contribution in [3.63, 3.8) is 0 Å². The molecule has 5 nitrogen and oxygen atoms in total. The van der Waals surface area contributed by atoms with Crippen LogP contribution in [0.2, 0.25) is 0 Å². The van der Waals surface area contributed by atoms with E-state index in [4.69, 9.17) is 10.1 Å². The molecular weight excluding hydrogens is 365 g/mol. The zero-order valence-electron chi connectivity index (χ0n) is 14.4. The third-order valence-corrected chi connectivity index (χ3v) is 5.17. The highest BCUT2D eigenvalue weighted by molar-refractivity contribution is 7.11. The average molecular weight is 381 g/mol. The van der Waals surface area contributed by atoms with Crippen LogP contribution in [0, 0.1) is 11.2 Å². The van der Waals surface area contributed by atoms with E-state index in [1.54, 1.807) is 24.1 Å². The molecule has 0 atom stereocenters. The van der Waals surface area contributed by atoms with Crippen LogP contribution in [0.15, 0.2) is 59.7 Å². The van der Waals surface area contributed by atoms with E-state index in [-0.39, 0.29) is 24.0 Å². The minimum Gasteiger partial charge on any atom is -0.510 e. The molecule has 0 amide bonds. The highest BCUT2D eigenvalue weighted by Crippen LogP contribution is 2.35. The van der Waals surface area contributed by atoms with E-state index in [0.29, 0.717) is 16.3 Å². The summed E-state index contributed by atoms with van der Waals surface area (Å²) in [7, 11) is 1.61. The van der Waals surface area contributed by atoms with Crippen LogP contribution in [-0.4, -0.2) is 29.6 Å². The zero-order chi connectivity index (χ0) is 19.0. The van der Waals surface area contributed by atoms with Gasteiger partial charge in [0.25, 0.3) is 0 Å². The molecule has 0 unspecified atom stereocenters. The monoisotopic (exact) mass is 381 g/mol. The molecule has 0 saturated carbocycles. The van der Waals surface area contributed by atoms with E-state index in [1.807, 2.05) is 29.6 Å². The molecule has 136 valence electrons. The lowest BCUT2D eigenvalue weighted by Gasteiger charge is -2.18. The van der Waals surface area contributed by atoms with Gasteiger partial charge in [0.05, 0.1) is 24.9 Å². The second-order valence-electron chi connectivity index (χ2n) is 6.01. The van der Waals surface area contributed by atoms with Crippen molar-refractivity contribution in [3.05, 3.63) is 70.5 Å². The number of aromatic nitrogens is 1. The fraction of sp³-hybridized carbons (Fsp3) is 0.100. The standard InChI is InChI=1S/C20H16FN3O2S/c1-26-15-7-2-4-12(8-15)16-11-27-20(23-16)18-17(25)10-24(19(18)22)14-6-3-5-13(21)9-14/h2-9,11,22,25H,10H2,1H3. The Morgan fingerprint density at radius 3 is 2.81 bits per heavy atom. The van der Waals surface area contributed by atoms with Crippen molar-refractivity contribution in [2.24, 2.45) is 0 Å². The number of anilines is 1. The molecule has 0 bridgehead atoms. The number of halogens is 1. The molecule has 2 aromatic carbocycles. The number of amidine groups is 1. The first kappa shape index (κ1) is 17.2. The number of methoxy groups -OCH3 is 1. The predicted octanol–water partition coefficient (Wildman–Crippen LogP) is 4.72. The molecule has 1 aromatic heterocycles. The molecule has 1 aliphatic rings. The first-order valence-electron chi connectivity index (χ1n) is 8.21. The van der Waals surface area contributed by atoms with Crippen molar-refractivity contribution < 1.29 is 14.2 Å². The number of aliphatic hydroxyl groups is 1. The predicted molar refractivity (Wildman–Crippen MR) is 105 cm³/mol. The summed E-state index contributed by atoms with van der Waals surface area (Å²) in [6, 6.07) is 13.5. The summed E-state index contributed by atoms with van der Waals surface area (Å²) >= 11 is 1.35. The minimum atomic E-state index is -0.386. The van der Waals surface area contributed by atoms with Crippen molar-refractivity contribution in [2.75, 3.05) is 18.6 Å². The normalized spacial score (nSPS) is 14.1. The summed E-state index contributed by atoms with van der Waals surface area (Å²) in [5.41, 5.74) is 2.53. The lowest BCUT2D eigenvalue weighted by Crippen LogP contribution is -2.26. The van der Waals surface area contributed by atoms with Crippen LogP contribution in [-0.2, 0) is 0 Å². The average Bonchev–Trinajstić information content (AvgIpc) is 3.26. The maximum absolute atomic E-state index is 13.5. The smallest absolute Gasteiger partial charge is 0.139 e. The summed E-state index contributed by atoms with van der Waals surface area (Å²) in [6.07, 6.45) is 0. The van der Waals surface area contributed by atoms with Gasteiger partial charge in [-0.3, -0.25) is 5.41 Å². The first-order chi connectivity index (χ1) is 13.1. The number of rotatable bonds is 4. The molecule has 2 heterocycles. The summed E-state index contributed by atoms with van der Waals surface area (Å²) in [5.74, 6) is 0.498. The van der Waals surface area contributed by atoms with Gasteiger partial charge in [0.1, 0.15) is 28.2 Å². The van der Waals surface area contributed by atoms with Crippen molar-refractivity contribution in [1.29, 1.82) is 5.41 Å². The van der Waals surface area contributed by atoms with Gasteiger partial charge in [-0.25, -0.2) is 9.37 Å². The van der Waals surface area contributed by atoms with E-state index < -0.39 is 0 Å². The van der Waals surface area contributed by atoms with Crippen LogP contribution < -0.4 is 9.64 Å². The first-order valence-corrected chi connectivity index (χ1v) is 9.09. The maximum Gasteiger partial charge on any atom is 0.139 e. The van der Waals surface area contributed by atoms with Crippen LogP contribution in [0.25, 0.3) is 16.8 Å². The minimum absolute atomic E-state index is 0.0517. The van der Waals surface area contributed by atoms with Gasteiger partial charge in [-0.2, -0.15) is 0 Å². The third-order valence-electron chi connectivity index (χ3n) is 4.31. The van der Waals surface area contributed by atoms with Crippen LogP contribution >= 0.6 is 11.3 Å². The van der Waals surface area contributed by atoms with Crippen LogP contribution in [0.1, 0.15) is 5.01 Å². The number of aliphatic hydroxyl groups excluding tert-OH is 1. The van der Waals surface area contributed by atoms with Gasteiger partial charge >= 0.3 is 0 Å². The van der Waals surface area contributed by atoms with E-state index in [2.05, 4.69) is 4.98 Å². The molecular formula is C20H16FN3O2S. The molecule has 4 rings (SSSR count). The number of hydrogen-bond acceptors (Lipinski definition) is 5. The van der Waals surface area contributed by atoms with E-state index in [0.717, 1.165) is 17.0 Å². The summed E-state index contributed by atoms with van der Waals surface area (Å²) in [5, 5.41) is 21.3. The van der Waals surface area contributed by atoms with Crippen LogP contribution in [0.4, 0.5) is 10.1 Å². The van der Waals surface area contributed by atoms with Crippen molar-refractivity contribution >= 4 is 28.4 Å². The van der Waals surface area contributed by atoms with Gasteiger partial charge in [-0.15, -0.1) is 11.3 Å². The number of nitrogens with one attached hydrogen (secondary N) is 1. The number of nitrogens with zero attached hydrogens (tertiary/aromatic N) is 2. The maximum atomic E-state index is 13.5. The quantitative estimate of drug-likeness (QED) is 0.686. The van der Waals surface area contributed by atoms with Gasteiger partial charge in [0.15, 0.2) is 0 Å². The van der Waals surface area contributed by atoms with Crippen molar-refractivity contribution in [1.82, 2.24) is 4.98 Å². The van der Waals surface area contributed by atoms with Crippen molar-refractivity contribution in [3.8, 4) is 17.0 Å². The molecule has 0 spiro atoms. The summed E-state index contributed by atoms with van der Waals surface area (Å²) in [6.45, 7) is 0.117. The Kier molecular flexibility index (Phi) is 4.37. The Morgan fingerprint density at radius 1 is 1.22 bits per heavy atom. The van der Waals surface area contributed by atoms with Crippen LogP contribution in [0.5, 0.6) is 5.75 Å². The lowest BCUT2D eigenvalue weighted by molar-refractivity contribution is 0.411. The molecule has 0 fully saturated rings. The lowest BCUT2D eigenvalue weighted by atomic mass is 10.1. The van der Waals surface area contributed by atoms with Gasteiger partial charge in [-0.05, 0) is 30.3 Å². The highest BCUT2D eigenvalue weighted by atomic mass is 32.1. The Morgan fingerprint density at radius 2 is 2.04 bits per heavy atom. The summed E-state index contributed by atoms with van der Waals surface area (Å²) < 4.78 is 18.8.